The van der Waals surface area contributed by atoms with Gasteiger partial charge in [-0.25, -0.2) is 0 Å². The molecule has 300 valence electrons. The van der Waals surface area contributed by atoms with Crippen LogP contribution in [0.5, 0.6) is 0 Å². The summed E-state index contributed by atoms with van der Waals surface area (Å²) in [7, 11) is 0. The van der Waals surface area contributed by atoms with Crippen LogP contribution in [0, 0.1) is 0 Å². The molecule has 64 heavy (non-hydrogen) atoms. The van der Waals surface area contributed by atoms with Gasteiger partial charge in [0.2, 0.25) is 0 Å². The lowest BCUT2D eigenvalue weighted by atomic mass is 9.67. The predicted molar refractivity (Wildman–Crippen MR) is 269 cm³/mol. The molecule has 0 bridgehead atoms. The van der Waals surface area contributed by atoms with E-state index in [4.69, 9.17) is 4.42 Å². The summed E-state index contributed by atoms with van der Waals surface area (Å²) in [6.45, 7) is 0. The number of thiophene rings is 1. The van der Waals surface area contributed by atoms with Crippen molar-refractivity contribution >= 4 is 70.5 Å². The van der Waals surface area contributed by atoms with Gasteiger partial charge in [0.1, 0.15) is 11.2 Å². The van der Waals surface area contributed by atoms with Gasteiger partial charge in [-0.3, -0.25) is 0 Å². The van der Waals surface area contributed by atoms with E-state index in [1.165, 1.54) is 70.2 Å². The SMILES string of the molecule is c1ccc(-c2ccc(N(c3ccc(-c4cccc5c4sc4ccccc45)cc3)c3cc(C4(c5ccccc5)c5ccccc5-c5ccccc54)c4oc5ccccc5c4c3)cc2)cc1. The fourth-order valence-electron chi connectivity index (χ4n) is 10.5. The van der Waals surface area contributed by atoms with E-state index in [0.29, 0.717) is 0 Å². The van der Waals surface area contributed by atoms with E-state index in [9.17, 15) is 0 Å². The van der Waals surface area contributed by atoms with E-state index in [1.54, 1.807) is 0 Å². The van der Waals surface area contributed by atoms with Crippen LogP contribution in [0.3, 0.4) is 0 Å². The highest BCUT2D eigenvalue weighted by Crippen LogP contribution is 2.58. The fraction of sp³-hybridized carbons (Fsp3) is 0.0164. The standard InChI is InChI=1S/C61H39NOS/c1-3-16-40(17-4-1)41-30-34-44(35-31-41)62(45-36-32-42(33-37-45)47-24-15-25-52-51-23-10-14-29-58(51)64-60(47)52)46-38-53-50-22-9-13-28-57(50)63-59(53)56(39-46)61(43-18-5-2-6-19-43)54-26-11-7-20-48(54)49-21-8-12-27-55(49)61/h1-39H. The summed E-state index contributed by atoms with van der Waals surface area (Å²) < 4.78 is 9.71. The van der Waals surface area contributed by atoms with Gasteiger partial charge in [0.05, 0.1) is 5.41 Å². The van der Waals surface area contributed by atoms with Crippen molar-refractivity contribution in [2.75, 3.05) is 4.90 Å². The minimum absolute atomic E-state index is 0.674. The molecule has 0 spiro atoms. The molecule has 0 saturated carbocycles. The molecule has 3 heteroatoms. The number of para-hydroxylation sites is 1. The number of furan rings is 1. The van der Waals surface area contributed by atoms with E-state index < -0.39 is 5.41 Å². The van der Waals surface area contributed by atoms with Crippen molar-refractivity contribution in [3.63, 3.8) is 0 Å². The predicted octanol–water partition coefficient (Wildman–Crippen LogP) is 17.1. The molecule has 0 aliphatic heterocycles. The third-order valence-corrected chi connectivity index (χ3v) is 14.6. The minimum atomic E-state index is -0.674. The van der Waals surface area contributed by atoms with Gasteiger partial charge >= 0.3 is 0 Å². The Morgan fingerprint density at radius 2 is 0.906 bits per heavy atom. The Labute approximate surface area is 375 Å². The molecular weight excluding hydrogens is 795 g/mol. The summed E-state index contributed by atoms with van der Waals surface area (Å²) in [5, 5.41) is 4.79. The summed E-state index contributed by atoms with van der Waals surface area (Å²) in [4.78, 5) is 2.43. The van der Waals surface area contributed by atoms with Gasteiger partial charge in [-0.2, -0.15) is 0 Å². The maximum atomic E-state index is 7.09. The van der Waals surface area contributed by atoms with Gasteiger partial charge in [-0.05, 0) is 98.6 Å². The van der Waals surface area contributed by atoms with Crippen LogP contribution < -0.4 is 4.90 Å². The topological polar surface area (TPSA) is 16.4 Å². The highest BCUT2D eigenvalue weighted by Gasteiger charge is 2.48. The van der Waals surface area contributed by atoms with Crippen LogP contribution in [-0.4, -0.2) is 0 Å². The van der Waals surface area contributed by atoms with Crippen LogP contribution in [0.2, 0.25) is 0 Å². The van der Waals surface area contributed by atoms with Crippen molar-refractivity contribution in [3.8, 4) is 33.4 Å². The van der Waals surface area contributed by atoms with E-state index in [0.717, 1.165) is 44.6 Å². The zero-order valence-electron chi connectivity index (χ0n) is 34.8. The Bertz CT molecular complexity index is 3670. The van der Waals surface area contributed by atoms with Gasteiger partial charge in [0, 0.05) is 53.6 Å². The number of hydrogen-bond donors (Lipinski definition) is 0. The van der Waals surface area contributed by atoms with Gasteiger partial charge < -0.3 is 9.32 Å². The van der Waals surface area contributed by atoms with Crippen molar-refractivity contribution in [1.82, 2.24) is 0 Å². The normalized spacial score (nSPS) is 12.8. The average Bonchev–Trinajstić information content (AvgIpc) is 4.04. The van der Waals surface area contributed by atoms with E-state index in [2.05, 4.69) is 241 Å². The third-order valence-electron chi connectivity index (χ3n) is 13.4. The lowest BCUT2D eigenvalue weighted by Crippen LogP contribution is -2.29. The molecule has 2 nitrogen and oxygen atoms in total. The molecule has 0 unspecified atom stereocenters. The molecule has 0 radical (unpaired) electrons. The first-order valence-corrected chi connectivity index (χ1v) is 22.7. The largest absolute Gasteiger partial charge is 0.456 e. The average molecular weight is 834 g/mol. The minimum Gasteiger partial charge on any atom is -0.456 e. The Hall–Kier alpha value is -7.98. The molecular formula is C61H39NOS. The molecule has 2 heterocycles. The van der Waals surface area contributed by atoms with Crippen LogP contribution in [0.25, 0.3) is 75.5 Å². The Balaban J connectivity index is 1.08. The Kier molecular flexibility index (Phi) is 8.34. The van der Waals surface area contributed by atoms with Crippen LogP contribution in [0.15, 0.2) is 241 Å². The van der Waals surface area contributed by atoms with Crippen molar-refractivity contribution in [1.29, 1.82) is 0 Å². The fourth-order valence-corrected chi connectivity index (χ4v) is 11.8. The zero-order chi connectivity index (χ0) is 42.2. The van der Waals surface area contributed by atoms with Crippen molar-refractivity contribution in [2.45, 2.75) is 5.41 Å². The smallest absolute Gasteiger partial charge is 0.140 e. The molecule has 2 aromatic heterocycles. The van der Waals surface area contributed by atoms with E-state index >= 15 is 0 Å². The maximum Gasteiger partial charge on any atom is 0.140 e. The molecule has 13 rings (SSSR count). The first kappa shape index (κ1) is 36.7. The van der Waals surface area contributed by atoms with Crippen molar-refractivity contribution in [2.24, 2.45) is 0 Å². The second-order valence-electron chi connectivity index (χ2n) is 16.8. The summed E-state index contributed by atoms with van der Waals surface area (Å²) in [5.74, 6) is 0. The molecule has 10 aromatic carbocycles. The molecule has 0 atom stereocenters. The summed E-state index contributed by atoms with van der Waals surface area (Å²) in [6.07, 6.45) is 0. The van der Waals surface area contributed by atoms with E-state index in [1.807, 2.05) is 11.3 Å². The first-order chi connectivity index (χ1) is 31.7. The quantitative estimate of drug-likeness (QED) is 0.159. The number of hydrogen-bond acceptors (Lipinski definition) is 3. The Morgan fingerprint density at radius 1 is 0.359 bits per heavy atom. The first-order valence-electron chi connectivity index (χ1n) is 21.9. The lowest BCUT2D eigenvalue weighted by Gasteiger charge is -2.35. The Morgan fingerprint density at radius 3 is 1.62 bits per heavy atom. The molecule has 0 N–H and O–H groups in total. The number of nitrogens with zero attached hydrogens (tertiary/aromatic N) is 1. The van der Waals surface area contributed by atoms with Crippen LogP contribution in [-0.2, 0) is 5.41 Å². The van der Waals surface area contributed by atoms with Crippen LogP contribution in [0.4, 0.5) is 17.1 Å². The summed E-state index contributed by atoms with van der Waals surface area (Å²) in [5.41, 5.74) is 16.4. The molecule has 0 fully saturated rings. The van der Waals surface area contributed by atoms with Crippen molar-refractivity contribution < 1.29 is 4.42 Å². The second-order valence-corrected chi connectivity index (χ2v) is 17.8. The number of fused-ring (bicyclic) bond motifs is 9. The van der Waals surface area contributed by atoms with Crippen molar-refractivity contribution in [3.05, 3.63) is 259 Å². The molecule has 1 aliphatic carbocycles. The maximum absolute atomic E-state index is 7.09. The van der Waals surface area contributed by atoms with Gasteiger partial charge in [-0.15, -0.1) is 11.3 Å². The zero-order valence-corrected chi connectivity index (χ0v) is 35.6. The molecule has 0 amide bonds. The highest BCUT2D eigenvalue weighted by atomic mass is 32.1. The monoisotopic (exact) mass is 833 g/mol. The summed E-state index contributed by atoms with van der Waals surface area (Å²) in [6, 6.07) is 86.4. The van der Waals surface area contributed by atoms with Gasteiger partial charge in [0.25, 0.3) is 0 Å². The van der Waals surface area contributed by atoms with E-state index in [-0.39, 0.29) is 0 Å². The van der Waals surface area contributed by atoms with Gasteiger partial charge in [0.15, 0.2) is 0 Å². The number of anilines is 3. The summed E-state index contributed by atoms with van der Waals surface area (Å²) >= 11 is 1.87. The third kappa shape index (κ3) is 5.51. The van der Waals surface area contributed by atoms with Crippen LogP contribution in [0.1, 0.15) is 22.3 Å². The second kappa shape index (κ2) is 14.6. The number of benzene rings is 10. The molecule has 12 aromatic rings. The van der Waals surface area contributed by atoms with Crippen LogP contribution >= 0.6 is 11.3 Å². The van der Waals surface area contributed by atoms with Gasteiger partial charge in [-0.1, -0.05) is 188 Å². The lowest BCUT2D eigenvalue weighted by molar-refractivity contribution is 0.648. The molecule has 1 aliphatic rings. The highest BCUT2D eigenvalue weighted by molar-refractivity contribution is 7.26. The molecule has 0 saturated heterocycles. The number of rotatable bonds is 7.